The highest BCUT2D eigenvalue weighted by molar-refractivity contribution is 5.10. The summed E-state index contributed by atoms with van der Waals surface area (Å²) in [5.41, 5.74) is 0. The molecule has 0 saturated carbocycles. The first-order valence-corrected chi connectivity index (χ1v) is 6.51. The zero-order valence-corrected chi connectivity index (χ0v) is 10.6. The fourth-order valence-corrected chi connectivity index (χ4v) is 1.49. The summed E-state index contributed by atoms with van der Waals surface area (Å²) in [6.45, 7) is 2.37. The van der Waals surface area contributed by atoms with Gasteiger partial charge in [0, 0.05) is 0 Å². The Balaban J connectivity index is 3.21. The third kappa shape index (κ3) is 13.2. The molecule has 0 atom stereocenters. The molecule has 0 rings (SSSR count). The molecule has 0 amide bonds. The molecule has 0 aliphatic rings. The van der Waals surface area contributed by atoms with E-state index < -0.39 is 0 Å². The normalized spacial score (nSPS) is 12.4. The molecular weight excluding hydrogens is 196 g/mol. The Labute approximate surface area is 101 Å². The lowest BCUT2D eigenvalue weighted by molar-refractivity contribution is 0.343. The van der Waals surface area contributed by atoms with Crippen molar-refractivity contribution in [1.29, 1.82) is 0 Å². The van der Waals surface area contributed by atoms with Gasteiger partial charge in [-0.15, -0.1) is 0 Å². The topological polar surface area (TPSA) is 20.2 Å². The summed E-state index contributed by atoms with van der Waals surface area (Å²) in [4.78, 5) is 0. The van der Waals surface area contributed by atoms with Gasteiger partial charge in [-0.05, 0) is 12.8 Å². The van der Waals surface area contributed by atoms with E-state index in [1.165, 1.54) is 44.9 Å². The van der Waals surface area contributed by atoms with Crippen LogP contribution in [0.15, 0.2) is 36.5 Å². The van der Waals surface area contributed by atoms with Crippen LogP contribution in [0.2, 0.25) is 0 Å². The van der Waals surface area contributed by atoms with Crippen molar-refractivity contribution in [1.82, 2.24) is 0 Å². The quantitative estimate of drug-likeness (QED) is 0.429. The fraction of sp³-hybridized carbons (Fsp3) is 0.600. The van der Waals surface area contributed by atoms with Crippen LogP contribution in [-0.2, 0) is 0 Å². The van der Waals surface area contributed by atoms with E-state index >= 15 is 0 Å². The Kier molecular flexibility index (Phi) is 13.5. The first-order valence-electron chi connectivity index (χ1n) is 6.51. The Morgan fingerprint density at radius 2 is 1.38 bits per heavy atom. The van der Waals surface area contributed by atoms with Crippen molar-refractivity contribution in [2.45, 2.75) is 51.9 Å². The summed E-state index contributed by atoms with van der Waals surface area (Å²) in [7, 11) is 0. The van der Waals surface area contributed by atoms with Gasteiger partial charge in [-0.3, -0.25) is 0 Å². The van der Waals surface area contributed by atoms with Crippen LogP contribution < -0.4 is 0 Å². The third-order valence-electron chi connectivity index (χ3n) is 2.44. The minimum absolute atomic E-state index is 0.117. The SMILES string of the molecule is CCCCCCCCC=CC=CC=CCO. The molecule has 0 bridgehead atoms. The Morgan fingerprint density at radius 3 is 2.06 bits per heavy atom. The van der Waals surface area contributed by atoms with Gasteiger partial charge in [0.25, 0.3) is 0 Å². The standard InChI is InChI=1S/C15H26O/c1-2-3-4-5-6-7-8-9-10-11-12-13-14-15-16/h9-14,16H,2-8,15H2,1H3. The number of hydrogen-bond acceptors (Lipinski definition) is 1. The van der Waals surface area contributed by atoms with E-state index in [2.05, 4.69) is 19.1 Å². The summed E-state index contributed by atoms with van der Waals surface area (Å²) in [5, 5.41) is 8.49. The third-order valence-corrected chi connectivity index (χ3v) is 2.44. The first-order chi connectivity index (χ1) is 7.91. The van der Waals surface area contributed by atoms with Gasteiger partial charge in [0.1, 0.15) is 0 Å². The predicted molar refractivity (Wildman–Crippen MR) is 72.5 cm³/mol. The van der Waals surface area contributed by atoms with Crippen LogP contribution in [0.1, 0.15) is 51.9 Å². The number of rotatable bonds is 10. The van der Waals surface area contributed by atoms with E-state index in [4.69, 9.17) is 5.11 Å². The molecule has 0 heterocycles. The van der Waals surface area contributed by atoms with E-state index in [1.807, 2.05) is 18.2 Å². The minimum atomic E-state index is 0.117. The molecule has 0 fully saturated rings. The number of aliphatic hydroxyl groups excluding tert-OH is 1. The molecule has 0 aliphatic carbocycles. The van der Waals surface area contributed by atoms with E-state index in [-0.39, 0.29) is 6.61 Å². The summed E-state index contributed by atoms with van der Waals surface area (Å²) in [6, 6.07) is 0. The van der Waals surface area contributed by atoms with Gasteiger partial charge in [0.05, 0.1) is 6.61 Å². The van der Waals surface area contributed by atoms with Crippen LogP contribution in [0.25, 0.3) is 0 Å². The molecule has 0 spiro atoms. The molecule has 1 N–H and O–H groups in total. The van der Waals surface area contributed by atoms with Gasteiger partial charge in [-0.25, -0.2) is 0 Å². The summed E-state index contributed by atoms with van der Waals surface area (Å²) in [5.74, 6) is 0. The smallest absolute Gasteiger partial charge is 0.0615 e. The fourth-order valence-electron chi connectivity index (χ4n) is 1.49. The Bertz CT molecular complexity index is 201. The van der Waals surface area contributed by atoms with Gasteiger partial charge in [0.15, 0.2) is 0 Å². The number of aliphatic hydroxyl groups is 1. The Hall–Kier alpha value is -0.820. The highest BCUT2D eigenvalue weighted by atomic mass is 16.2. The largest absolute Gasteiger partial charge is 0.392 e. The molecule has 0 aromatic carbocycles. The van der Waals surface area contributed by atoms with Gasteiger partial charge < -0.3 is 5.11 Å². The maximum absolute atomic E-state index is 8.49. The van der Waals surface area contributed by atoms with Crippen molar-refractivity contribution >= 4 is 0 Å². The summed E-state index contributed by atoms with van der Waals surface area (Å²) >= 11 is 0. The zero-order chi connectivity index (χ0) is 11.9. The average Bonchev–Trinajstić information content (AvgIpc) is 2.31. The van der Waals surface area contributed by atoms with Crippen LogP contribution in [0.5, 0.6) is 0 Å². The molecule has 0 aliphatic heterocycles. The molecule has 16 heavy (non-hydrogen) atoms. The van der Waals surface area contributed by atoms with Crippen molar-refractivity contribution < 1.29 is 5.11 Å². The number of allylic oxidation sites excluding steroid dienone is 5. The molecule has 0 aromatic heterocycles. The molecule has 92 valence electrons. The average molecular weight is 222 g/mol. The zero-order valence-electron chi connectivity index (χ0n) is 10.6. The maximum Gasteiger partial charge on any atom is 0.0615 e. The summed E-state index contributed by atoms with van der Waals surface area (Å²) in [6.07, 6.45) is 21.1. The monoisotopic (exact) mass is 222 g/mol. The van der Waals surface area contributed by atoms with Crippen LogP contribution in [-0.4, -0.2) is 11.7 Å². The lowest BCUT2D eigenvalue weighted by Crippen LogP contribution is -1.77. The lowest BCUT2D eigenvalue weighted by atomic mass is 10.1. The van der Waals surface area contributed by atoms with Crippen molar-refractivity contribution in [3.63, 3.8) is 0 Å². The molecule has 0 saturated heterocycles. The second-order valence-electron chi connectivity index (χ2n) is 3.98. The van der Waals surface area contributed by atoms with Gasteiger partial charge in [-0.2, -0.15) is 0 Å². The van der Waals surface area contributed by atoms with Crippen molar-refractivity contribution in [2.24, 2.45) is 0 Å². The van der Waals surface area contributed by atoms with Gasteiger partial charge in [0.2, 0.25) is 0 Å². The van der Waals surface area contributed by atoms with Crippen LogP contribution >= 0.6 is 0 Å². The molecular formula is C15H26O. The van der Waals surface area contributed by atoms with E-state index in [0.717, 1.165) is 0 Å². The van der Waals surface area contributed by atoms with Crippen LogP contribution in [0.3, 0.4) is 0 Å². The molecule has 1 heteroatoms. The predicted octanol–water partition coefficient (Wildman–Crippen LogP) is 4.40. The highest BCUT2D eigenvalue weighted by Crippen LogP contribution is 2.06. The second-order valence-corrected chi connectivity index (χ2v) is 3.98. The van der Waals surface area contributed by atoms with Crippen molar-refractivity contribution in [3.8, 4) is 0 Å². The molecule has 0 aromatic rings. The maximum atomic E-state index is 8.49. The Morgan fingerprint density at radius 1 is 0.750 bits per heavy atom. The first kappa shape index (κ1) is 15.2. The highest BCUT2D eigenvalue weighted by Gasteiger charge is 1.87. The molecule has 0 radical (unpaired) electrons. The van der Waals surface area contributed by atoms with Gasteiger partial charge >= 0.3 is 0 Å². The van der Waals surface area contributed by atoms with Crippen molar-refractivity contribution in [3.05, 3.63) is 36.5 Å². The van der Waals surface area contributed by atoms with Gasteiger partial charge in [-0.1, -0.05) is 75.5 Å². The molecule has 0 unspecified atom stereocenters. The number of unbranched alkanes of at least 4 members (excludes halogenated alkanes) is 6. The van der Waals surface area contributed by atoms with Crippen molar-refractivity contribution in [2.75, 3.05) is 6.61 Å². The molecule has 1 nitrogen and oxygen atoms in total. The van der Waals surface area contributed by atoms with E-state index in [0.29, 0.717) is 0 Å². The minimum Gasteiger partial charge on any atom is -0.392 e. The number of hydrogen-bond donors (Lipinski definition) is 1. The van der Waals surface area contributed by atoms with Crippen LogP contribution in [0.4, 0.5) is 0 Å². The van der Waals surface area contributed by atoms with Crippen LogP contribution in [0, 0.1) is 0 Å². The van der Waals surface area contributed by atoms with E-state index in [1.54, 1.807) is 6.08 Å². The van der Waals surface area contributed by atoms with E-state index in [9.17, 15) is 0 Å². The lowest BCUT2D eigenvalue weighted by Gasteiger charge is -1.97. The summed E-state index contributed by atoms with van der Waals surface area (Å²) < 4.78 is 0. The second kappa shape index (κ2) is 14.2.